The van der Waals surface area contributed by atoms with E-state index in [2.05, 4.69) is 4.74 Å². The first-order chi connectivity index (χ1) is 10.9. The highest BCUT2D eigenvalue weighted by Crippen LogP contribution is 2.18. The summed E-state index contributed by atoms with van der Waals surface area (Å²) in [7, 11) is 2.92. The van der Waals surface area contributed by atoms with Gasteiger partial charge in [0.15, 0.2) is 0 Å². The Morgan fingerprint density at radius 2 is 1.35 bits per heavy atom. The fraction of sp³-hybridized carbons (Fsp3) is 0.118. The molecule has 0 unspecified atom stereocenters. The maximum absolute atomic E-state index is 12.4. The number of carbonyl (C=O) groups is 3. The number of anilines is 1. The average molecular weight is 332 g/mol. The third-order valence-electron chi connectivity index (χ3n) is 3.34. The summed E-state index contributed by atoms with van der Waals surface area (Å²) in [6.45, 7) is 0. The molecule has 0 radical (unpaired) electrons. The number of hydrogen-bond acceptors (Lipinski definition) is 4. The quantitative estimate of drug-likeness (QED) is 0.638. The Kier molecular flexibility index (Phi) is 5.13. The van der Waals surface area contributed by atoms with Crippen LogP contribution in [0.1, 0.15) is 31.1 Å². The fourth-order valence-electron chi connectivity index (χ4n) is 1.99. The van der Waals surface area contributed by atoms with E-state index in [1.807, 2.05) is 0 Å². The van der Waals surface area contributed by atoms with Crippen molar-refractivity contribution in [2.75, 3.05) is 19.1 Å². The number of nitrogens with zero attached hydrogens (tertiary/aromatic N) is 1. The fourth-order valence-corrected chi connectivity index (χ4v) is 2.12. The molecule has 1 amide bonds. The van der Waals surface area contributed by atoms with Gasteiger partial charge in [-0.25, -0.2) is 4.79 Å². The number of hydrogen-bond donors (Lipinski definition) is 0. The minimum absolute atomic E-state index is 0.244. The first-order valence-corrected chi connectivity index (χ1v) is 7.08. The van der Waals surface area contributed by atoms with Gasteiger partial charge in [-0.2, -0.15) is 0 Å². The van der Waals surface area contributed by atoms with Gasteiger partial charge in [-0.1, -0.05) is 0 Å². The Morgan fingerprint density at radius 1 is 0.870 bits per heavy atom. The molecule has 5 nitrogen and oxygen atoms in total. The molecule has 0 N–H and O–H groups in total. The maximum atomic E-state index is 12.4. The smallest absolute Gasteiger partial charge is 0.337 e. The van der Waals surface area contributed by atoms with Gasteiger partial charge in [0.1, 0.15) is 0 Å². The van der Waals surface area contributed by atoms with E-state index in [0.717, 1.165) is 0 Å². The molecule has 0 aromatic heterocycles. The molecule has 23 heavy (non-hydrogen) atoms. The highest BCUT2D eigenvalue weighted by molar-refractivity contribution is 6.67. The predicted octanol–water partition coefficient (Wildman–Crippen LogP) is 3.13. The second-order valence-electron chi connectivity index (χ2n) is 4.75. The summed E-state index contributed by atoms with van der Waals surface area (Å²) in [5, 5.41) is -0.552. The van der Waals surface area contributed by atoms with E-state index in [0.29, 0.717) is 22.4 Å². The summed E-state index contributed by atoms with van der Waals surface area (Å²) in [4.78, 5) is 36.3. The second-order valence-corrected chi connectivity index (χ2v) is 5.10. The zero-order valence-corrected chi connectivity index (χ0v) is 13.3. The first-order valence-electron chi connectivity index (χ1n) is 6.70. The van der Waals surface area contributed by atoms with Crippen molar-refractivity contribution in [3.63, 3.8) is 0 Å². The molecular formula is C17H14ClNO4. The summed E-state index contributed by atoms with van der Waals surface area (Å²) in [5.41, 5.74) is 1.78. The Balaban J connectivity index is 2.18. The van der Waals surface area contributed by atoms with Gasteiger partial charge in [0.2, 0.25) is 0 Å². The van der Waals surface area contributed by atoms with Crippen LogP contribution in [0.25, 0.3) is 0 Å². The van der Waals surface area contributed by atoms with Crippen LogP contribution in [0.3, 0.4) is 0 Å². The number of ether oxygens (including phenoxy) is 1. The molecule has 0 aliphatic heterocycles. The van der Waals surface area contributed by atoms with E-state index >= 15 is 0 Å². The number of carbonyl (C=O) groups excluding carboxylic acids is 3. The second kappa shape index (κ2) is 7.07. The van der Waals surface area contributed by atoms with Crippen LogP contribution in [0.4, 0.5) is 5.69 Å². The molecule has 2 aromatic carbocycles. The van der Waals surface area contributed by atoms with E-state index in [1.165, 1.54) is 24.1 Å². The van der Waals surface area contributed by atoms with Crippen LogP contribution < -0.4 is 4.90 Å². The van der Waals surface area contributed by atoms with Gasteiger partial charge >= 0.3 is 5.97 Å². The molecule has 0 atom stereocenters. The number of methoxy groups -OCH3 is 1. The summed E-state index contributed by atoms with van der Waals surface area (Å²) in [5.74, 6) is -0.704. The largest absolute Gasteiger partial charge is 0.465 e. The van der Waals surface area contributed by atoms with Crippen molar-refractivity contribution in [3.8, 4) is 0 Å². The Bertz CT molecular complexity index is 738. The first kappa shape index (κ1) is 16.7. The van der Waals surface area contributed by atoms with Crippen molar-refractivity contribution in [2.45, 2.75) is 0 Å². The third-order valence-corrected chi connectivity index (χ3v) is 3.56. The van der Waals surface area contributed by atoms with Gasteiger partial charge in [0.05, 0.1) is 12.7 Å². The highest BCUT2D eigenvalue weighted by Gasteiger charge is 2.15. The monoisotopic (exact) mass is 331 g/mol. The lowest BCUT2D eigenvalue weighted by atomic mass is 10.1. The van der Waals surface area contributed by atoms with E-state index in [1.54, 1.807) is 43.4 Å². The molecule has 0 saturated carbocycles. The minimum Gasteiger partial charge on any atom is -0.465 e. The van der Waals surface area contributed by atoms with Crippen LogP contribution in [-0.4, -0.2) is 31.3 Å². The van der Waals surface area contributed by atoms with E-state index < -0.39 is 11.2 Å². The van der Waals surface area contributed by atoms with Crippen molar-refractivity contribution in [3.05, 3.63) is 65.2 Å². The molecule has 0 heterocycles. The molecule has 2 aromatic rings. The lowest BCUT2D eigenvalue weighted by Gasteiger charge is -2.17. The summed E-state index contributed by atoms with van der Waals surface area (Å²) in [6, 6.07) is 12.5. The molecule has 0 bridgehead atoms. The van der Waals surface area contributed by atoms with Crippen LogP contribution in [0.15, 0.2) is 48.5 Å². The van der Waals surface area contributed by atoms with Crippen LogP contribution in [0, 0.1) is 0 Å². The average Bonchev–Trinajstić information content (AvgIpc) is 2.60. The van der Waals surface area contributed by atoms with Gasteiger partial charge in [-0.3, -0.25) is 9.59 Å². The van der Waals surface area contributed by atoms with Crippen molar-refractivity contribution in [1.29, 1.82) is 0 Å². The maximum Gasteiger partial charge on any atom is 0.337 e. The Morgan fingerprint density at radius 3 is 1.83 bits per heavy atom. The van der Waals surface area contributed by atoms with Gasteiger partial charge in [0, 0.05) is 23.9 Å². The summed E-state index contributed by atoms with van der Waals surface area (Å²) < 4.78 is 4.61. The van der Waals surface area contributed by atoms with Gasteiger partial charge < -0.3 is 9.64 Å². The topological polar surface area (TPSA) is 63.7 Å². The molecule has 0 spiro atoms. The van der Waals surface area contributed by atoms with Crippen molar-refractivity contribution in [1.82, 2.24) is 0 Å². The van der Waals surface area contributed by atoms with Gasteiger partial charge in [-0.15, -0.1) is 0 Å². The van der Waals surface area contributed by atoms with E-state index in [-0.39, 0.29) is 5.91 Å². The van der Waals surface area contributed by atoms with E-state index in [4.69, 9.17) is 11.6 Å². The molecule has 118 valence electrons. The Labute approximate surface area is 138 Å². The SMILES string of the molecule is COC(=O)c1ccc(C(=O)N(C)c2ccc(C(=O)Cl)cc2)cc1. The molecule has 0 aliphatic rings. The number of halogens is 1. The highest BCUT2D eigenvalue weighted by atomic mass is 35.5. The number of rotatable bonds is 4. The van der Waals surface area contributed by atoms with Crippen LogP contribution >= 0.6 is 11.6 Å². The van der Waals surface area contributed by atoms with Gasteiger partial charge in [-0.05, 0) is 60.1 Å². The number of esters is 1. The van der Waals surface area contributed by atoms with Crippen molar-refractivity contribution >= 4 is 34.4 Å². The number of benzene rings is 2. The van der Waals surface area contributed by atoms with Crippen LogP contribution in [-0.2, 0) is 4.74 Å². The molecule has 6 heteroatoms. The Hall–Kier alpha value is -2.66. The predicted molar refractivity (Wildman–Crippen MR) is 87.1 cm³/mol. The standard InChI is InChI=1S/C17H14ClNO4/c1-19(14-9-7-11(8-10-14)15(18)20)16(21)12-3-5-13(6-4-12)17(22)23-2/h3-10H,1-2H3. The molecule has 0 saturated heterocycles. The van der Waals surface area contributed by atoms with Crippen LogP contribution in [0.5, 0.6) is 0 Å². The lowest BCUT2D eigenvalue weighted by molar-refractivity contribution is 0.0600. The number of amides is 1. The van der Waals surface area contributed by atoms with Crippen molar-refractivity contribution in [2.24, 2.45) is 0 Å². The lowest BCUT2D eigenvalue weighted by Crippen LogP contribution is -2.26. The molecular weight excluding hydrogens is 318 g/mol. The molecule has 0 fully saturated rings. The zero-order valence-electron chi connectivity index (χ0n) is 12.6. The normalized spacial score (nSPS) is 10.0. The van der Waals surface area contributed by atoms with Gasteiger partial charge in [0.25, 0.3) is 11.1 Å². The summed E-state index contributed by atoms with van der Waals surface area (Å²) >= 11 is 5.39. The zero-order chi connectivity index (χ0) is 17.0. The van der Waals surface area contributed by atoms with Crippen LogP contribution in [0.2, 0.25) is 0 Å². The minimum atomic E-state index is -0.552. The van der Waals surface area contributed by atoms with Crippen molar-refractivity contribution < 1.29 is 19.1 Å². The third kappa shape index (κ3) is 3.76. The molecule has 2 rings (SSSR count). The van der Waals surface area contributed by atoms with E-state index in [9.17, 15) is 14.4 Å². The summed E-state index contributed by atoms with van der Waals surface area (Å²) in [6.07, 6.45) is 0. The molecule has 0 aliphatic carbocycles.